The molecule has 9 heteroatoms. The lowest BCUT2D eigenvalue weighted by Gasteiger charge is -2.36. The molecule has 0 aliphatic carbocycles. The van der Waals surface area contributed by atoms with E-state index in [1.165, 1.54) is 30.3 Å². The molecule has 0 unspecified atom stereocenters. The molecule has 0 aliphatic heterocycles. The number of hydrogen-bond acceptors (Lipinski definition) is 8. The molecule has 0 aromatic heterocycles. The Labute approximate surface area is 298 Å². The van der Waals surface area contributed by atoms with Crippen LogP contribution in [0.1, 0.15) is 32.6 Å². The smallest absolute Gasteiger partial charge is 0.338 e. The molecule has 5 rings (SSSR count). The Hall–Kier alpha value is -5.45. The van der Waals surface area contributed by atoms with Gasteiger partial charge in [-0.2, -0.15) is 0 Å². The van der Waals surface area contributed by atoms with Gasteiger partial charge in [-0.1, -0.05) is 128 Å². The van der Waals surface area contributed by atoms with E-state index >= 15 is 0 Å². The second-order valence-corrected chi connectivity index (χ2v) is 11.8. The lowest BCUT2D eigenvalue weighted by Crippen LogP contribution is -2.50. The molecule has 0 radical (unpaired) electrons. The largest absolute Gasteiger partial charge is 0.452 e. The van der Waals surface area contributed by atoms with Crippen molar-refractivity contribution in [1.82, 2.24) is 0 Å². The van der Waals surface area contributed by atoms with Gasteiger partial charge in [-0.3, -0.25) is 10.1 Å². The predicted molar refractivity (Wildman–Crippen MR) is 194 cm³/mol. The standard InChI is InChI=1S/C42H41NO8/c1-2-38(51-42(44)36-23-25-37(26-24-36)43(45)46)40(49-29-34-19-11-5-12-20-34)41(50-30-35-21-13-6-14-22-35)39(48-28-33-17-9-4-10-18-33)31-47-27-32-15-7-3-8-16-32/h2-26,38-41H,1,27-31H2/t38-,39+,40-,41-/m1/s1. The number of carbonyl (C=O) groups excluding carboxylic acids is 1. The summed E-state index contributed by atoms with van der Waals surface area (Å²) in [5.74, 6) is -0.702. The van der Waals surface area contributed by atoms with Crippen molar-refractivity contribution in [2.24, 2.45) is 0 Å². The molecule has 5 aromatic carbocycles. The molecule has 0 aliphatic rings. The van der Waals surface area contributed by atoms with Crippen molar-refractivity contribution in [1.29, 1.82) is 0 Å². The molecular formula is C42H41NO8. The van der Waals surface area contributed by atoms with Crippen LogP contribution in [-0.2, 0) is 50.1 Å². The van der Waals surface area contributed by atoms with Gasteiger partial charge in [0.15, 0.2) is 0 Å². The summed E-state index contributed by atoms with van der Waals surface area (Å²) in [6.45, 7) is 5.12. The van der Waals surface area contributed by atoms with Crippen LogP contribution in [0, 0.1) is 10.1 Å². The van der Waals surface area contributed by atoms with Crippen LogP contribution in [0.2, 0.25) is 0 Å². The minimum Gasteiger partial charge on any atom is -0.452 e. The normalized spacial score (nSPS) is 13.4. The number of hydrogen-bond donors (Lipinski definition) is 0. The van der Waals surface area contributed by atoms with Gasteiger partial charge in [0.1, 0.15) is 24.4 Å². The van der Waals surface area contributed by atoms with Crippen molar-refractivity contribution in [3.05, 3.63) is 196 Å². The molecule has 0 fully saturated rings. The average molecular weight is 688 g/mol. The molecule has 0 N–H and O–H groups in total. The lowest BCUT2D eigenvalue weighted by atomic mass is 10.0. The van der Waals surface area contributed by atoms with Crippen LogP contribution in [0.4, 0.5) is 5.69 Å². The van der Waals surface area contributed by atoms with Gasteiger partial charge in [-0.25, -0.2) is 4.79 Å². The van der Waals surface area contributed by atoms with E-state index in [0.717, 1.165) is 22.3 Å². The molecule has 0 bridgehead atoms. The van der Waals surface area contributed by atoms with Crippen molar-refractivity contribution < 1.29 is 33.4 Å². The van der Waals surface area contributed by atoms with E-state index in [1.807, 2.05) is 121 Å². The molecule has 0 spiro atoms. The Balaban J connectivity index is 1.48. The third-order valence-electron chi connectivity index (χ3n) is 8.07. The van der Waals surface area contributed by atoms with Crippen molar-refractivity contribution in [3.8, 4) is 0 Å². The van der Waals surface area contributed by atoms with Crippen LogP contribution in [0.3, 0.4) is 0 Å². The minimum atomic E-state index is -1.02. The van der Waals surface area contributed by atoms with Gasteiger partial charge in [-0.05, 0) is 40.5 Å². The molecule has 0 amide bonds. The van der Waals surface area contributed by atoms with Gasteiger partial charge in [0.05, 0.1) is 43.5 Å². The predicted octanol–water partition coefficient (Wildman–Crippen LogP) is 8.28. The summed E-state index contributed by atoms with van der Waals surface area (Å²) in [5.41, 5.74) is 3.78. The molecule has 4 atom stereocenters. The van der Waals surface area contributed by atoms with Gasteiger partial charge in [0, 0.05) is 12.1 Å². The second kappa shape index (κ2) is 19.7. The number of ether oxygens (including phenoxy) is 5. The number of esters is 1. The Kier molecular flexibility index (Phi) is 14.2. The molecule has 9 nitrogen and oxygen atoms in total. The molecule has 5 aromatic rings. The first-order valence-corrected chi connectivity index (χ1v) is 16.7. The van der Waals surface area contributed by atoms with Crippen LogP contribution in [0.15, 0.2) is 158 Å². The Morgan fingerprint density at radius 1 is 0.608 bits per heavy atom. The molecular weight excluding hydrogens is 646 g/mol. The summed E-state index contributed by atoms with van der Waals surface area (Å²) >= 11 is 0. The number of nitro groups is 1. The van der Waals surface area contributed by atoms with E-state index in [0.29, 0.717) is 6.61 Å². The molecule has 51 heavy (non-hydrogen) atoms. The summed E-state index contributed by atoms with van der Waals surface area (Å²) in [6.07, 6.45) is -1.97. The van der Waals surface area contributed by atoms with Gasteiger partial charge in [0.2, 0.25) is 0 Å². The zero-order valence-corrected chi connectivity index (χ0v) is 28.2. The monoisotopic (exact) mass is 687 g/mol. The molecule has 0 saturated heterocycles. The van der Waals surface area contributed by atoms with E-state index in [-0.39, 0.29) is 37.7 Å². The fourth-order valence-corrected chi connectivity index (χ4v) is 5.37. The number of carbonyl (C=O) groups is 1. The summed E-state index contributed by atoms with van der Waals surface area (Å²) in [7, 11) is 0. The van der Waals surface area contributed by atoms with Gasteiger partial charge in [0.25, 0.3) is 5.69 Å². The summed E-state index contributed by atoms with van der Waals surface area (Å²) in [5, 5.41) is 11.2. The fourth-order valence-electron chi connectivity index (χ4n) is 5.37. The number of non-ortho nitro benzene ring substituents is 1. The first-order valence-electron chi connectivity index (χ1n) is 16.7. The van der Waals surface area contributed by atoms with Gasteiger partial charge >= 0.3 is 5.97 Å². The quantitative estimate of drug-likeness (QED) is 0.0348. The van der Waals surface area contributed by atoms with Crippen LogP contribution in [0.25, 0.3) is 0 Å². The van der Waals surface area contributed by atoms with Crippen LogP contribution < -0.4 is 0 Å². The van der Waals surface area contributed by atoms with Crippen LogP contribution >= 0.6 is 0 Å². The van der Waals surface area contributed by atoms with Gasteiger partial charge in [-0.15, -0.1) is 0 Å². The first-order chi connectivity index (χ1) is 25.0. The van der Waals surface area contributed by atoms with E-state index in [2.05, 4.69) is 6.58 Å². The Bertz CT molecular complexity index is 1770. The number of rotatable bonds is 20. The summed E-state index contributed by atoms with van der Waals surface area (Å²) in [4.78, 5) is 24.2. The topological polar surface area (TPSA) is 106 Å². The Morgan fingerprint density at radius 3 is 1.49 bits per heavy atom. The number of benzene rings is 5. The minimum absolute atomic E-state index is 0.131. The van der Waals surface area contributed by atoms with Crippen molar-refractivity contribution in [2.45, 2.75) is 50.8 Å². The van der Waals surface area contributed by atoms with E-state index < -0.39 is 35.3 Å². The SMILES string of the molecule is C=C[C@@H](OC(=O)c1ccc([N+](=O)[O-])cc1)[C@@H](OCc1ccccc1)[C@H](OCc1ccccc1)[C@H](COCc1ccccc1)OCc1ccccc1. The first kappa shape index (κ1) is 36.8. The maximum atomic E-state index is 13.5. The van der Waals surface area contributed by atoms with Crippen molar-refractivity contribution >= 4 is 11.7 Å². The highest BCUT2D eigenvalue weighted by atomic mass is 16.6. The van der Waals surface area contributed by atoms with Crippen LogP contribution in [0.5, 0.6) is 0 Å². The highest BCUT2D eigenvalue weighted by molar-refractivity contribution is 5.89. The average Bonchev–Trinajstić information content (AvgIpc) is 3.18. The van der Waals surface area contributed by atoms with Crippen molar-refractivity contribution in [2.75, 3.05) is 6.61 Å². The fraction of sp³-hybridized carbons (Fsp3) is 0.214. The zero-order valence-electron chi connectivity index (χ0n) is 28.2. The van der Waals surface area contributed by atoms with Crippen LogP contribution in [-0.4, -0.2) is 41.9 Å². The number of nitrogens with zero attached hydrogens (tertiary/aromatic N) is 1. The number of nitro benzene ring substituents is 1. The maximum Gasteiger partial charge on any atom is 0.338 e. The van der Waals surface area contributed by atoms with E-state index in [4.69, 9.17) is 23.7 Å². The second-order valence-electron chi connectivity index (χ2n) is 11.8. The van der Waals surface area contributed by atoms with E-state index in [9.17, 15) is 14.9 Å². The highest BCUT2D eigenvalue weighted by Crippen LogP contribution is 2.25. The Morgan fingerprint density at radius 2 is 1.04 bits per heavy atom. The summed E-state index contributed by atoms with van der Waals surface area (Å²) < 4.78 is 32.2. The lowest BCUT2D eigenvalue weighted by molar-refractivity contribution is -0.384. The zero-order chi connectivity index (χ0) is 35.7. The molecule has 262 valence electrons. The third-order valence-corrected chi connectivity index (χ3v) is 8.07. The van der Waals surface area contributed by atoms with E-state index in [1.54, 1.807) is 0 Å². The van der Waals surface area contributed by atoms with Gasteiger partial charge < -0.3 is 23.7 Å². The molecule has 0 heterocycles. The third kappa shape index (κ3) is 11.6. The maximum absolute atomic E-state index is 13.5. The summed E-state index contributed by atoms with van der Waals surface area (Å²) in [6, 6.07) is 44.2. The van der Waals surface area contributed by atoms with Crippen molar-refractivity contribution in [3.63, 3.8) is 0 Å². The molecule has 0 saturated carbocycles. The highest BCUT2D eigenvalue weighted by Gasteiger charge is 2.39.